The Labute approximate surface area is 164 Å². The number of aromatic nitrogens is 4. The molecule has 136 valence electrons. The normalized spacial score (nSPS) is 10.6. The Bertz CT molecular complexity index is 1120. The van der Waals surface area contributed by atoms with E-state index in [0.29, 0.717) is 5.56 Å². The molecular formula is C23H19N5. The van der Waals surface area contributed by atoms with Gasteiger partial charge in [0.05, 0.1) is 29.3 Å². The summed E-state index contributed by atoms with van der Waals surface area (Å²) in [5.41, 5.74) is 7.08. The molecule has 5 heteroatoms. The lowest BCUT2D eigenvalue weighted by Crippen LogP contribution is -2.04. The van der Waals surface area contributed by atoms with E-state index in [9.17, 15) is 0 Å². The highest BCUT2D eigenvalue weighted by atomic mass is 15.0. The largest absolute Gasteiger partial charge is 0.330 e. The lowest BCUT2D eigenvalue weighted by Gasteiger charge is -2.10. The van der Waals surface area contributed by atoms with Crippen molar-refractivity contribution in [1.29, 1.82) is 5.26 Å². The maximum absolute atomic E-state index is 8.93. The summed E-state index contributed by atoms with van der Waals surface area (Å²) in [4.78, 5) is 13.1. The fraction of sp³-hybridized carbons (Fsp3) is 0.130. The maximum Gasteiger partial charge on any atom is 0.0991 e. The van der Waals surface area contributed by atoms with E-state index in [1.807, 2.05) is 43.7 Å². The number of imidazole rings is 1. The van der Waals surface area contributed by atoms with Gasteiger partial charge < -0.3 is 4.57 Å². The zero-order chi connectivity index (χ0) is 19.3. The molecule has 2 heterocycles. The Balaban J connectivity index is 1.50. The van der Waals surface area contributed by atoms with Crippen molar-refractivity contribution in [1.82, 2.24) is 19.5 Å². The third kappa shape index (κ3) is 3.81. The molecule has 0 spiro atoms. The molecule has 4 rings (SSSR count). The van der Waals surface area contributed by atoms with Crippen molar-refractivity contribution in [3.63, 3.8) is 0 Å². The van der Waals surface area contributed by atoms with E-state index in [1.165, 1.54) is 5.56 Å². The highest BCUT2D eigenvalue weighted by Crippen LogP contribution is 2.20. The molecule has 0 N–H and O–H groups in total. The molecule has 2 aromatic carbocycles. The first-order valence-corrected chi connectivity index (χ1v) is 9.08. The second kappa shape index (κ2) is 7.85. The number of benzene rings is 2. The quantitative estimate of drug-likeness (QED) is 0.533. The van der Waals surface area contributed by atoms with Crippen molar-refractivity contribution in [2.24, 2.45) is 0 Å². The molecule has 4 aromatic rings. The van der Waals surface area contributed by atoms with Crippen LogP contribution in [0.2, 0.25) is 0 Å². The third-order valence-electron chi connectivity index (χ3n) is 4.73. The molecule has 0 aliphatic carbocycles. The van der Waals surface area contributed by atoms with Crippen molar-refractivity contribution in [3.8, 4) is 17.3 Å². The number of rotatable bonds is 5. The van der Waals surface area contributed by atoms with Gasteiger partial charge in [0.25, 0.3) is 0 Å². The third-order valence-corrected chi connectivity index (χ3v) is 4.73. The van der Waals surface area contributed by atoms with Gasteiger partial charge in [-0.2, -0.15) is 5.26 Å². The molecule has 0 fully saturated rings. The summed E-state index contributed by atoms with van der Waals surface area (Å²) in [5.74, 6) is 0. The zero-order valence-corrected chi connectivity index (χ0v) is 15.6. The van der Waals surface area contributed by atoms with E-state index in [1.54, 1.807) is 12.4 Å². The van der Waals surface area contributed by atoms with Crippen LogP contribution in [0.4, 0.5) is 0 Å². The number of nitrogens with zero attached hydrogens (tertiary/aromatic N) is 5. The van der Waals surface area contributed by atoms with Crippen LogP contribution in [0.15, 0.2) is 73.4 Å². The first kappa shape index (κ1) is 17.6. The fourth-order valence-electron chi connectivity index (χ4n) is 3.20. The highest BCUT2D eigenvalue weighted by Gasteiger charge is 2.07. The van der Waals surface area contributed by atoms with Gasteiger partial charge in [-0.1, -0.05) is 36.4 Å². The Morgan fingerprint density at radius 3 is 2.36 bits per heavy atom. The molecule has 0 atom stereocenters. The SMILES string of the molecule is Cc1nccnc1-c1ccc(Cn2cncc2Cc2ccc(C#N)cc2)cc1. The van der Waals surface area contributed by atoms with Crippen molar-refractivity contribution in [3.05, 3.63) is 102 Å². The Morgan fingerprint density at radius 1 is 0.929 bits per heavy atom. The van der Waals surface area contributed by atoms with Crippen molar-refractivity contribution < 1.29 is 0 Å². The van der Waals surface area contributed by atoms with E-state index in [2.05, 4.69) is 49.9 Å². The van der Waals surface area contributed by atoms with Gasteiger partial charge in [0, 0.05) is 42.8 Å². The summed E-state index contributed by atoms with van der Waals surface area (Å²) in [7, 11) is 0. The van der Waals surface area contributed by atoms with Crippen LogP contribution in [0.25, 0.3) is 11.3 Å². The fourth-order valence-corrected chi connectivity index (χ4v) is 3.20. The van der Waals surface area contributed by atoms with Gasteiger partial charge in [0.15, 0.2) is 0 Å². The van der Waals surface area contributed by atoms with Crippen LogP contribution in [-0.4, -0.2) is 19.5 Å². The standard InChI is InChI=1S/C23H19N5/c1-17-23(27-11-10-26-17)21-8-6-20(7-9-21)15-28-16-25-14-22(28)12-18-2-4-19(13-24)5-3-18/h2-11,14,16H,12,15H2,1H3. The van der Waals surface area contributed by atoms with Crippen LogP contribution in [0, 0.1) is 18.3 Å². The summed E-state index contributed by atoms with van der Waals surface area (Å²) < 4.78 is 2.15. The van der Waals surface area contributed by atoms with E-state index < -0.39 is 0 Å². The molecule has 0 aliphatic rings. The second-order valence-corrected chi connectivity index (χ2v) is 6.69. The van der Waals surface area contributed by atoms with E-state index in [4.69, 9.17) is 5.26 Å². The molecule has 0 aliphatic heterocycles. The first-order valence-electron chi connectivity index (χ1n) is 9.08. The predicted molar refractivity (Wildman–Crippen MR) is 107 cm³/mol. The average Bonchev–Trinajstić information content (AvgIpc) is 3.16. The molecule has 0 bridgehead atoms. The van der Waals surface area contributed by atoms with E-state index in [-0.39, 0.29) is 0 Å². The number of aryl methyl sites for hydroxylation is 1. The van der Waals surface area contributed by atoms with Crippen LogP contribution >= 0.6 is 0 Å². The van der Waals surface area contributed by atoms with Crippen LogP contribution < -0.4 is 0 Å². The summed E-state index contributed by atoms with van der Waals surface area (Å²) >= 11 is 0. The summed E-state index contributed by atoms with van der Waals surface area (Å²) in [5, 5.41) is 8.93. The smallest absolute Gasteiger partial charge is 0.0991 e. The highest BCUT2D eigenvalue weighted by molar-refractivity contribution is 5.61. The molecular weight excluding hydrogens is 346 g/mol. The second-order valence-electron chi connectivity index (χ2n) is 6.69. The molecule has 0 unspecified atom stereocenters. The monoisotopic (exact) mass is 365 g/mol. The average molecular weight is 365 g/mol. The van der Waals surface area contributed by atoms with Crippen molar-refractivity contribution >= 4 is 0 Å². The van der Waals surface area contributed by atoms with Crippen LogP contribution in [0.1, 0.15) is 28.1 Å². The number of hydrogen-bond acceptors (Lipinski definition) is 4. The molecule has 28 heavy (non-hydrogen) atoms. The Kier molecular flexibility index (Phi) is 4.94. The molecule has 2 aromatic heterocycles. The molecule has 5 nitrogen and oxygen atoms in total. The minimum atomic E-state index is 0.677. The predicted octanol–water partition coefficient (Wildman–Crippen LogP) is 4.16. The Hall–Kier alpha value is -3.78. The van der Waals surface area contributed by atoms with Crippen LogP contribution in [0.5, 0.6) is 0 Å². The Morgan fingerprint density at radius 2 is 1.64 bits per heavy atom. The van der Waals surface area contributed by atoms with Gasteiger partial charge in [0.2, 0.25) is 0 Å². The van der Waals surface area contributed by atoms with Crippen LogP contribution in [0.3, 0.4) is 0 Å². The number of nitriles is 1. The van der Waals surface area contributed by atoms with E-state index >= 15 is 0 Å². The minimum Gasteiger partial charge on any atom is -0.330 e. The summed E-state index contributed by atoms with van der Waals surface area (Å²) in [6.45, 7) is 2.72. The topological polar surface area (TPSA) is 67.4 Å². The summed E-state index contributed by atoms with van der Waals surface area (Å²) in [6, 6.07) is 18.3. The van der Waals surface area contributed by atoms with Crippen molar-refractivity contribution in [2.75, 3.05) is 0 Å². The number of hydrogen-bond donors (Lipinski definition) is 0. The van der Waals surface area contributed by atoms with Gasteiger partial charge >= 0.3 is 0 Å². The van der Waals surface area contributed by atoms with E-state index in [0.717, 1.165) is 41.2 Å². The molecule has 0 amide bonds. The molecule has 0 saturated carbocycles. The minimum absolute atomic E-state index is 0.677. The van der Waals surface area contributed by atoms with Gasteiger partial charge in [-0.3, -0.25) is 9.97 Å². The summed E-state index contributed by atoms with van der Waals surface area (Å²) in [6.07, 6.45) is 7.97. The lowest BCUT2D eigenvalue weighted by molar-refractivity contribution is 0.753. The first-order chi connectivity index (χ1) is 13.7. The van der Waals surface area contributed by atoms with Gasteiger partial charge in [-0.05, 0) is 30.2 Å². The van der Waals surface area contributed by atoms with Crippen molar-refractivity contribution in [2.45, 2.75) is 19.9 Å². The molecule has 0 radical (unpaired) electrons. The van der Waals surface area contributed by atoms with Gasteiger partial charge in [-0.15, -0.1) is 0 Å². The van der Waals surface area contributed by atoms with Crippen LogP contribution in [-0.2, 0) is 13.0 Å². The van der Waals surface area contributed by atoms with Gasteiger partial charge in [0.1, 0.15) is 0 Å². The van der Waals surface area contributed by atoms with Gasteiger partial charge in [-0.25, -0.2) is 4.98 Å². The molecule has 0 saturated heterocycles. The maximum atomic E-state index is 8.93. The lowest BCUT2D eigenvalue weighted by atomic mass is 10.1. The zero-order valence-electron chi connectivity index (χ0n) is 15.6.